The topological polar surface area (TPSA) is 49.3 Å². The predicted molar refractivity (Wildman–Crippen MR) is 62.7 cm³/mol. The molecule has 1 aliphatic carbocycles. The average molecular weight is 237 g/mol. The van der Waals surface area contributed by atoms with Gasteiger partial charge in [-0.05, 0) is 25.9 Å². The first-order valence-corrected chi connectivity index (χ1v) is 5.86. The quantitative estimate of drug-likeness (QED) is 0.721. The van der Waals surface area contributed by atoms with Crippen molar-refractivity contribution in [1.82, 2.24) is 5.32 Å². The summed E-state index contributed by atoms with van der Waals surface area (Å²) in [6, 6.07) is 6.76. The van der Waals surface area contributed by atoms with Gasteiger partial charge in [0.2, 0.25) is 5.78 Å². The lowest BCUT2D eigenvalue weighted by Crippen LogP contribution is -2.30. The van der Waals surface area contributed by atoms with Gasteiger partial charge in [0, 0.05) is 11.1 Å². The number of benzene rings is 1. The maximum Gasteiger partial charge on any atom is 0.201 e. The van der Waals surface area contributed by atoms with Crippen LogP contribution in [0.4, 0.5) is 4.39 Å². The van der Waals surface area contributed by atoms with Crippen LogP contribution in [0.5, 0.6) is 0 Å². The van der Waals surface area contributed by atoms with Crippen LogP contribution in [0, 0.1) is 0 Å². The predicted octanol–water partition coefficient (Wildman–Crippen LogP) is 1.62. The fourth-order valence-electron chi connectivity index (χ4n) is 1.95. The molecular weight excluding hydrogens is 221 g/mol. The molecule has 4 heteroatoms. The number of carbonyl (C=O) groups excluding carboxylic acids is 1. The molecule has 2 aliphatic rings. The highest BCUT2D eigenvalue weighted by Gasteiger charge is 2.35. The lowest BCUT2D eigenvalue weighted by Gasteiger charge is -2.20. The molecule has 0 radical (unpaired) electrons. The molecule has 0 amide bonds. The molecule has 1 aliphatic heterocycles. The van der Waals surface area contributed by atoms with E-state index in [4.69, 9.17) is 5.11 Å². The Balaban J connectivity index is 0.000000136. The SMILES string of the molecule is O=C1c2ccccc2C1F.OC1CCNCC1. The number of Topliss-reactive ketones (excluding diaryl/α,β-unsaturated/α-hetero) is 1. The molecule has 1 heterocycles. The van der Waals surface area contributed by atoms with Gasteiger partial charge in [-0.1, -0.05) is 24.3 Å². The average Bonchev–Trinajstić information content (AvgIpc) is 2.39. The van der Waals surface area contributed by atoms with Gasteiger partial charge < -0.3 is 10.4 Å². The second-order valence-corrected chi connectivity index (χ2v) is 4.30. The van der Waals surface area contributed by atoms with Gasteiger partial charge in [0.15, 0.2) is 6.17 Å². The minimum Gasteiger partial charge on any atom is -0.393 e. The summed E-state index contributed by atoms with van der Waals surface area (Å²) in [6.07, 6.45) is 0.484. The van der Waals surface area contributed by atoms with Crippen molar-refractivity contribution in [3.05, 3.63) is 35.4 Å². The molecule has 3 rings (SSSR count). The van der Waals surface area contributed by atoms with Crippen molar-refractivity contribution < 1.29 is 14.3 Å². The van der Waals surface area contributed by atoms with Crippen molar-refractivity contribution in [2.24, 2.45) is 0 Å². The summed E-state index contributed by atoms with van der Waals surface area (Å²) < 4.78 is 12.6. The summed E-state index contributed by atoms with van der Waals surface area (Å²) in [6.45, 7) is 1.97. The van der Waals surface area contributed by atoms with Gasteiger partial charge in [-0.2, -0.15) is 0 Å². The van der Waals surface area contributed by atoms with E-state index in [-0.39, 0.29) is 11.9 Å². The van der Waals surface area contributed by atoms with Gasteiger partial charge in [0.1, 0.15) is 0 Å². The number of piperidine rings is 1. The van der Waals surface area contributed by atoms with Crippen LogP contribution in [0.25, 0.3) is 0 Å². The summed E-state index contributed by atoms with van der Waals surface area (Å²) in [5, 5.41) is 12.0. The second-order valence-electron chi connectivity index (χ2n) is 4.30. The smallest absolute Gasteiger partial charge is 0.201 e. The van der Waals surface area contributed by atoms with E-state index in [1.165, 1.54) is 0 Å². The number of hydrogen-bond acceptors (Lipinski definition) is 3. The standard InChI is InChI=1S/C8H5FO.C5H11NO/c9-7-5-3-1-2-4-6(5)8(7)10;7-5-1-3-6-4-2-5/h1-4,7H;5-7H,1-4H2. The monoisotopic (exact) mass is 237 g/mol. The third-order valence-corrected chi connectivity index (χ3v) is 3.04. The second kappa shape index (κ2) is 5.38. The Morgan fingerprint density at radius 2 is 1.88 bits per heavy atom. The molecule has 1 unspecified atom stereocenters. The summed E-state index contributed by atoms with van der Waals surface area (Å²) in [5.74, 6) is -0.379. The normalized spacial score (nSPS) is 23.2. The van der Waals surface area contributed by atoms with Crippen molar-refractivity contribution in [3.8, 4) is 0 Å². The maximum atomic E-state index is 12.6. The van der Waals surface area contributed by atoms with E-state index in [1.54, 1.807) is 24.3 Å². The molecule has 1 saturated heterocycles. The van der Waals surface area contributed by atoms with Gasteiger partial charge in [-0.25, -0.2) is 4.39 Å². The van der Waals surface area contributed by atoms with Crippen LogP contribution < -0.4 is 5.32 Å². The molecular formula is C13H16FNO2. The number of alkyl halides is 1. The molecule has 3 nitrogen and oxygen atoms in total. The minimum absolute atomic E-state index is 0.0266. The van der Waals surface area contributed by atoms with E-state index >= 15 is 0 Å². The van der Waals surface area contributed by atoms with Gasteiger partial charge >= 0.3 is 0 Å². The molecule has 1 fully saturated rings. The van der Waals surface area contributed by atoms with Crippen molar-refractivity contribution >= 4 is 5.78 Å². The number of rotatable bonds is 0. The van der Waals surface area contributed by atoms with Crippen LogP contribution in [-0.4, -0.2) is 30.1 Å². The number of aliphatic hydroxyl groups is 1. The van der Waals surface area contributed by atoms with Gasteiger partial charge in [0.05, 0.1) is 6.10 Å². The first-order valence-electron chi connectivity index (χ1n) is 5.86. The number of fused-ring (bicyclic) bond motifs is 1. The molecule has 0 bridgehead atoms. The number of ketones is 1. The molecule has 1 aromatic rings. The largest absolute Gasteiger partial charge is 0.393 e. The highest BCUT2D eigenvalue weighted by molar-refractivity contribution is 6.09. The Labute approximate surface area is 99.7 Å². The number of halogens is 1. The van der Waals surface area contributed by atoms with Crippen molar-refractivity contribution in [3.63, 3.8) is 0 Å². The Hall–Kier alpha value is -1.26. The Morgan fingerprint density at radius 1 is 1.24 bits per heavy atom. The van der Waals surface area contributed by atoms with Gasteiger partial charge in [0.25, 0.3) is 0 Å². The maximum absolute atomic E-state index is 12.6. The lowest BCUT2D eigenvalue weighted by molar-refractivity contribution is 0.0828. The Bertz CT molecular complexity index is 402. The zero-order chi connectivity index (χ0) is 12.3. The van der Waals surface area contributed by atoms with Crippen molar-refractivity contribution in [1.29, 1.82) is 0 Å². The van der Waals surface area contributed by atoms with Crippen LogP contribution >= 0.6 is 0 Å². The van der Waals surface area contributed by atoms with Gasteiger partial charge in [-0.15, -0.1) is 0 Å². The minimum atomic E-state index is -1.35. The fraction of sp³-hybridized carbons (Fsp3) is 0.462. The number of nitrogens with one attached hydrogen (secondary N) is 1. The van der Waals surface area contributed by atoms with Crippen LogP contribution in [0.3, 0.4) is 0 Å². The zero-order valence-corrected chi connectivity index (χ0v) is 9.53. The summed E-state index contributed by atoms with van der Waals surface area (Å²) in [4.78, 5) is 10.7. The number of aliphatic hydroxyl groups excluding tert-OH is 1. The molecule has 2 N–H and O–H groups in total. The van der Waals surface area contributed by atoms with E-state index in [9.17, 15) is 9.18 Å². The van der Waals surface area contributed by atoms with Crippen LogP contribution in [-0.2, 0) is 0 Å². The fourth-order valence-corrected chi connectivity index (χ4v) is 1.95. The van der Waals surface area contributed by atoms with E-state index in [1.807, 2.05) is 0 Å². The number of carbonyl (C=O) groups is 1. The van der Waals surface area contributed by atoms with E-state index < -0.39 is 6.17 Å². The molecule has 0 aromatic heterocycles. The summed E-state index contributed by atoms with van der Waals surface area (Å²) in [7, 11) is 0. The zero-order valence-electron chi connectivity index (χ0n) is 9.53. The molecule has 92 valence electrons. The summed E-state index contributed by atoms with van der Waals surface area (Å²) in [5.41, 5.74) is 1.07. The van der Waals surface area contributed by atoms with Crippen LogP contribution in [0.15, 0.2) is 24.3 Å². The molecule has 1 aromatic carbocycles. The third kappa shape index (κ3) is 2.70. The first kappa shape index (κ1) is 12.2. The van der Waals surface area contributed by atoms with E-state index in [2.05, 4.69) is 5.32 Å². The van der Waals surface area contributed by atoms with E-state index in [0.29, 0.717) is 11.1 Å². The van der Waals surface area contributed by atoms with Crippen LogP contribution in [0.1, 0.15) is 34.9 Å². The first-order chi connectivity index (χ1) is 8.20. The summed E-state index contributed by atoms with van der Waals surface area (Å²) >= 11 is 0. The van der Waals surface area contributed by atoms with Crippen molar-refractivity contribution in [2.45, 2.75) is 25.1 Å². The highest BCUT2D eigenvalue weighted by atomic mass is 19.1. The van der Waals surface area contributed by atoms with Crippen molar-refractivity contribution in [2.75, 3.05) is 13.1 Å². The van der Waals surface area contributed by atoms with Crippen LogP contribution in [0.2, 0.25) is 0 Å². The molecule has 1 atom stereocenters. The lowest BCUT2D eigenvalue weighted by atomic mass is 9.85. The van der Waals surface area contributed by atoms with Gasteiger partial charge in [-0.3, -0.25) is 4.79 Å². The highest BCUT2D eigenvalue weighted by Crippen LogP contribution is 2.35. The molecule has 0 saturated carbocycles. The van der Waals surface area contributed by atoms with E-state index in [0.717, 1.165) is 25.9 Å². The number of hydrogen-bond donors (Lipinski definition) is 2. The molecule has 17 heavy (non-hydrogen) atoms. The third-order valence-electron chi connectivity index (χ3n) is 3.04. The Morgan fingerprint density at radius 3 is 2.41 bits per heavy atom. The Kier molecular flexibility index (Phi) is 3.86. The molecule has 0 spiro atoms.